The lowest BCUT2D eigenvalue weighted by atomic mass is 9.96. The standard InChI is InChI=1S/C17H26N2O3/c1-12-6-7-14(22-5)13(10-12)8-9-18-15(20)11-19-16(21)17(2,3)4/h6-7,10H,8-9,11H2,1-5H3,(H,18,20)(H,19,21). The maximum absolute atomic E-state index is 11.7. The van der Waals surface area contributed by atoms with E-state index in [0.29, 0.717) is 13.0 Å². The van der Waals surface area contributed by atoms with E-state index in [9.17, 15) is 9.59 Å². The number of nitrogens with one attached hydrogen (secondary N) is 2. The van der Waals surface area contributed by atoms with Crippen molar-refractivity contribution in [2.75, 3.05) is 20.2 Å². The Morgan fingerprint density at radius 1 is 1.18 bits per heavy atom. The second-order valence-electron chi connectivity index (χ2n) is 6.35. The van der Waals surface area contributed by atoms with Gasteiger partial charge in [0.2, 0.25) is 11.8 Å². The van der Waals surface area contributed by atoms with Gasteiger partial charge in [-0.1, -0.05) is 38.5 Å². The zero-order valence-corrected chi connectivity index (χ0v) is 14.1. The summed E-state index contributed by atoms with van der Waals surface area (Å²) >= 11 is 0. The molecule has 1 aromatic rings. The minimum atomic E-state index is -0.491. The minimum absolute atomic E-state index is 0.00105. The second-order valence-corrected chi connectivity index (χ2v) is 6.35. The Morgan fingerprint density at radius 3 is 2.45 bits per heavy atom. The lowest BCUT2D eigenvalue weighted by Gasteiger charge is -2.17. The fourth-order valence-corrected chi connectivity index (χ4v) is 1.93. The third-order valence-corrected chi connectivity index (χ3v) is 3.24. The number of benzene rings is 1. The number of hydrogen-bond donors (Lipinski definition) is 2. The molecule has 0 aliphatic carbocycles. The van der Waals surface area contributed by atoms with Crippen LogP contribution in [0.1, 0.15) is 31.9 Å². The largest absolute Gasteiger partial charge is 0.496 e. The summed E-state index contributed by atoms with van der Waals surface area (Å²) in [6.45, 7) is 7.95. The smallest absolute Gasteiger partial charge is 0.239 e. The summed E-state index contributed by atoms with van der Waals surface area (Å²) in [5, 5.41) is 5.43. The van der Waals surface area contributed by atoms with Crippen LogP contribution < -0.4 is 15.4 Å². The van der Waals surface area contributed by atoms with Crippen LogP contribution in [-0.4, -0.2) is 32.0 Å². The Kier molecular flexibility index (Phi) is 6.40. The molecule has 1 aromatic carbocycles. The van der Waals surface area contributed by atoms with E-state index in [-0.39, 0.29) is 18.4 Å². The van der Waals surface area contributed by atoms with E-state index >= 15 is 0 Å². The lowest BCUT2D eigenvalue weighted by Crippen LogP contribution is -2.42. The van der Waals surface area contributed by atoms with Crippen LogP contribution in [0.15, 0.2) is 18.2 Å². The van der Waals surface area contributed by atoms with Crippen LogP contribution in [0.3, 0.4) is 0 Å². The Labute approximate surface area is 132 Å². The first-order chi connectivity index (χ1) is 10.2. The average molecular weight is 306 g/mol. The van der Waals surface area contributed by atoms with E-state index in [4.69, 9.17) is 4.74 Å². The van der Waals surface area contributed by atoms with Crippen LogP contribution in [0.4, 0.5) is 0 Å². The fraction of sp³-hybridized carbons (Fsp3) is 0.529. The molecular weight excluding hydrogens is 280 g/mol. The molecule has 0 aliphatic rings. The molecule has 0 heterocycles. The molecule has 2 amide bonds. The Hall–Kier alpha value is -2.04. The number of methoxy groups -OCH3 is 1. The van der Waals surface area contributed by atoms with Crippen molar-refractivity contribution in [3.8, 4) is 5.75 Å². The van der Waals surface area contributed by atoms with Gasteiger partial charge in [0.15, 0.2) is 0 Å². The van der Waals surface area contributed by atoms with Gasteiger partial charge in [0, 0.05) is 12.0 Å². The number of amides is 2. The SMILES string of the molecule is COc1ccc(C)cc1CCNC(=O)CNC(=O)C(C)(C)C. The molecule has 122 valence electrons. The predicted molar refractivity (Wildman–Crippen MR) is 86.9 cm³/mol. The van der Waals surface area contributed by atoms with Gasteiger partial charge in [-0.15, -0.1) is 0 Å². The molecule has 2 N–H and O–H groups in total. The van der Waals surface area contributed by atoms with Gasteiger partial charge in [-0.25, -0.2) is 0 Å². The van der Waals surface area contributed by atoms with Gasteiger partial charge in [0.1, 0.15) is 5.75 Å². The highest BCUT2D eigenvalue weighted by Gasteiger charge is 2.21. The summed E-state index contributed by atoms with van der Waals surface area (Å²) in [6.07, 6.45) is 0.684. The molecular formula is C17H26N2O3. The predicted octanol–water partition coefficient (Wildman–Crippen LogP) is 1.82. The van der Waals surface area contributed by atoms with Gasteiger partial charge in [0.05, 0.1) is 13.7 Å². The Bertz CT molecular complexity index is 533. The maximum Gasteiger partial charge on any atom is 0.239 e. The average Bonchev–Trinajstić information content (AvgIpc) is 2.44. The third-order valence-electron chi connectivity index (χ3n) is 3.24. The molecule has 5 nitrogen and oxygen atoms in total. The number of ether oxygens (including phenoxy) is 1. The quantitative estimate of drug-likeness (QED) is 0.842. The molecule has 0 atom stereocenters. The van der Waals surface area contributed by atoms with Crippen molar-refractivity contribution < 1.29 is 14.3 Å². The third kappa shape index (κ3) is 5.76. The summed E-state index contributed by atoms with van der Waals surface area (Å²) < 4.78 is 5.30. The van der Waals surface area contributed by atoms with E-state index in [1.807, 2.05) is 45.9 Å². The molecule has 0 bridgehead atoms. The van der Waals surface area contributed by atoms with Crippen LogP contribution in [-0.2, 0) is 16.0 Å². The van der Waals surface area contributed by atoms with E-state index < -0.39 is 5.41 Å². The summed E-state index contributed by atoms with van der Waals surface area (Å²) in [6, 6.07) is 5.96. The summed E-state index contributed by atoms with van der Waals surface area (Å²) in [5.74, 6) is 0.494. The van der Waals surface area contributed by atoms with Crippen LogP contribution in [0.5, 0.6) is 5.75 Å². The zero-order valence-electron chi connectivity index (χ0n) is 14.1. The van der Waals surface area contributed by atoms with Gasteiger partial charge < -0.3 is 15.4 Å². The minimum Gasteiger partial charge on any atom is -0.496 e. The molecule has 0 spiro atoms. The van der Waals surface area contributed by atoms with Crippen molar-refractivity contribution in [3.63, 3.8) is 0 Å². The number of hydrogen-bond acceptors (Lipinski definition) is 3. The Balaban J connectivity index is 2.40. The van der Waals surface area contributed by atoms with Crippen LogP contribution in [0.25, 0.3) is 0 Å². The van der Waals surface area contributed by atoms with Gasteiger partial charge >= 0.3 is 0 Å². The first kappa shape index (κ1) is 18.0. The first-order valence-corrected chi connectivity index (χ1v) is 7.42. The molecule has 0 aromatic heterocycles. The van der Waals surface area contributed by atoms with E-state index in [1.165, 1.54) is 0 Å². The molecule has 0 radical (unpaired) electrons. The van der Waals surface area contributed by atoms with Crippen LogP contribution >= 0.6 is 0 Å². The molecule has 22 heavy (non-hydrogen) atoms. The van der Waals surface area contributed by atoms with Crippen molar-refractivity contribution in [2.45, 2.75) is 34.1 Å². The summed E-state index contributed by atoms with van der Waals surface area (Å²) in [7, 11) is 1.63. The first-order valence-electron chi connectivity index (χ1n) is 7.42. The topological polar surface area (TPSA) is 67.4 Å². The van der Waals surface area contributed by atoms with E-state index in [1.54, 1.807) is 7.11 Å². The normalized spacial score (nSPS) is 11.0. The van der Waals surface area contributed by atoms with Gasteiger partial charge in [-0.3, -0.25) is 9.59 Å². The van der Waals surface area contributed by atoms with Crippen molar-refractivity contribution in [1.82, 2.24) is 10.6 Å². The number of carbonyl (C=O) groups excluding carboxylic acids is 2. The van der Waals surface area contributed by atoms with Gasteiger partial charge in [0.25, 0.3) is 0 Å². The van der Waals surface area contributed by atoms with Crippen molar-refractivity contribution in [3.05, 3.63) is 29.3 Å². The molecule has 0 saturated carbocycles. The van der Waals surface area contributed by atoms with Crippen molar-refractivity contribution in [2.24, 2.45) is 5.41 Å². The molecule has 0 fully saturated rings. The molecule has 1 rings (SSSR count). The van der Waals surface area contributed by atoms with Crippen molar-refractivity contribution in [1.29, 1.82) is 0 Å². The highest BCUT2D eigenvalue weighted by atomic mass is 16.5. The zero-order chi connectivity index (χ0) is 16.8. The Morgan fingerprint density at radius 2 is 1.86 bits per heavy atom. The maximum atomic E-state index is 11.7. The van der Waals surface area contributed by atoms with Gasteiger partial charge in [-0.05, 0) is 25.0 Å². The van der Waals surface area contributed by atoms with Crippen molar-refractivity contribution >= 4 is 11.8 Å². The number of rotatable bonds is 6. The summed E-state index contributed by atoms with van der Waals surface area (Å²) in [4.78, 5) is 23.4. The summed E-state index contributed by atoms with van der Waals surface area (Å²) in [5.41, 5.74) is 1.72. The van der Waals surface area contributed by atoms with E-state index in [2.05, 4.69) is 10.6 Å². The fourth-order valence-electron chi connectivity index (χ4n) is 1.93. The number of carbonyl (C=O) groups is 2. The highest BCUT2D eigenvalue weighted by molar-refractivity contribution is 5.87. The van der Waals surface area contributed by atoms with Crippen LogP contribution in [0, 0.1) is 12.3 Å². The molecule has 5 heteroatoms. The lowest BCUT2D eigenvalue weighted by molar-refractivity contribution is -0.131. The molecule has 0 unspecified atom stereocenters. The second kappa shape index (κ2) is 7.82. The monoisotopic (exact) mass is 306 g/mol. The molecule has 0 aliphatic heterocycles. The highest BCUT2D eigenvalue weighted by Crippen LogP contribution is 2.19. The molecule has 0 saturated heterocycles. The van der Waals surface area contributed by atoms with Gasteiger partial charge in [-0.2, -0.15) is 0 Å². The van der Waals surface area contributed by atoms with E-state index in [0.717, 1.165) is 16.9 Å². The van der Waals surface area contributed by atoms with Crippen LogP contribution in [0.2, 0.25) is 0 Å². The number of aryl methyl sites for hydroxylation is 1.